The average Bonchev–Trinajstić information content (AvgIpc) is 3.00. The van der Waals surface area contributed by atoms with Crippen LogP contribution in [0.1, 0.15) is 43.4 Å². The first-order chi connectivity index (χ1) is 8.83. The molecular weight excluding hydrogens is 220 g/mol. The fourth-order valence-corrected chi connectivity index (χ4v) is 3.48. The van der Waals surface area contributed by atoms with Gasteiger partial charge >= 0.3 is 0 Å². The lowest BCUT2D eigenvalue weighted by Gasteiger charge is -2.25. The Balaban J connectivity index is 1.57. The van der Waals surface area contributed by atoms with Gasteiger partial charge in [-0.05, 0) is 56.8 Å². The van der Waals surface area contributed by atoms with Gasteiger partial charge in [0.1, 0.15) is 0 Å². The zero-order chi connectivity index (χ0) is 12.4. The van der Waals surface area contributed by atoms with Gasteiger partial charge in [0.05, 0.1) is 0 Å². The standard InChI is InChI=1S/C16H24N2/c1-13(12-18-10-4-5-11-18)17-16-9-8-14-6-2-3-7-15(14)16/h2-3,6-7,13,16-17H,4-5,8-12H2,1H3. The molecule has 98 valence electrons. The largest absolute Gasteiger partial charge is 0.306 e. The number of hydrogen-bond acceptors (Lipinski definition) is 2. The molecule has 2 atom stereocenters. The molecule has 1 aliphatic carbocycles. The van der Waals surface area contributed by atoms with Crippen LogP contribution < -0.4 is 5.32 Å². The van der Waals surface area contributed by atoms with Crippen LogP contribution in [0.3, 0.4) is 0 Å². The Morgan fingerprint density at radius 3 is 2.89 bits per heavy atom. The highest BCUT2D eigenvalue weighted by molar-refractivity contribution is 5.34. The van der Waals surface area contributed by atoms with Crippen molar-refractivity contribution in [2.24, 2.45) is 0 Å². The normalized spacial score (nSPS) is 25.3. The number of likely N-dealkylation sites (tertiary alicyclic amines) is 1. The van der Waals surface area contributed by atoms with E-state index in [0.29, 0.717) is 12.1 Å². The number of nitrogens with zero attached hydrogens (tertiary/aromatic N) is 1. The molecule has 1 aliphatic heterocycles. The quantitative estimate of drug-likeness (QED) is 0.876. The molecule has 0 aromatic heterocycles. The second kappa shape index (κ2) is 5.41. The molecule has 0 bridgehead atoms. The number of hydrogen-bond donors (Lipinski definition) is 1. The van der Waals surface area contributed by atoms with E-state index in [4.69, 9.17) is 0 Å². The van der Waals surface area contributed by atoms with E-state index in [1.54, 1.807) is 5.56 Å². The Morgan fingerprint density at radius 2 is 2.06 bits per heavy atom. The van der Waals surface area contributed by atoms with E-state index in [9.17, 15) is 0 Å². The van der Waals surface area contributed by atoms with Crippen molar-refractivity contribution < 1.29 is 0 Å². The van der Waals surface area contributed by atoms with Gasteiger partial charge in [0.2, 0.25) is 0 Å². The molecule has 1 saturated heterocycles. The first kappa shape index (κ1) is 12.2. The topological polar surface area (TPSA) is 15.3 Å². The highest BCUT2D eigenvalue weighted by Gasteiger charge is 2.24. The fourth-order valence-electron chi connectivity index (χ4n) is 3.48. The minimum Gasteiger partial charge on any atom is -0.306 e. The third-order valence-corrected chi connectivity index (χ3v) is 4.35. The van der Waals surface area contributed by atoms with Crippen molar-refractivity contribution in [1.29, 1.82) is 0 Å². The molecule has 0 saturated carbocycles. The maximum absolute atomic E-state index is 3.82. The van der Waals surface area contributed by atoms with Gasteiger partial charge in [0.15, 0.2) is 0 Å². The highest BCUT2D eigenvalue weighted by Crippen LogP contribution is 2.31. The molecule has 2 nitrogen and oxygen atoms in total. The second-order valence-electron chi connectivity index (χ2n) is 5.87. The molecule has 3 rings (SSSR count). The molecule has 2 unspecified atom stereocenters. The summed E-state index contributed by atoms with van der Waals surface area (Å²) in [6, 6.07) is 10.1. The summed E-state index contributed by atoms with van der Waals surface area (Å²) in [6.07, 6.45) is 5.28. The number of benzene rings is 1. The van der Waals surface area contributed by atoms with Crippen molar-refractivity contribution in [2.75, 3.05) is 19.6 Å². The lowest BCUT2D eigenvalue weighted by Crippen LogP contribution is -2.39. The van der Waals surface area contributed by atoms with Crippen molar-refractivity contribution in [2.45, 2.75) is 44.7 Å². The maximum Gasteiger partial charge on any atom is 0.0328 e. The zero-order valence-corrected chi connectivity index (χ0v) is 11.4. The molecular formula is C16H24N2. The fraction of sp³-hybridized carbons (Fsp3) is 0.625. The van der Waals surface area contributed by atoms with Crippen molar-refractivity contribution in [3.8, 4) is 0 Å². The molecule has 0 amide bonds. The molecule has 2 heteroatoms. The summed E-state index contributed by atoms with van der Waals surface area (Å²) >= 11 is 0. The molecule has 1 fully saturated rings. The average molecular weight is 244 g/mol. The third kappa shape index (κ3) is 2.60. The molecule has 1 aromatic carbocycles. The molecule has 1 heterocycles. The van der Waals surface area contributed by atoms with Gasteiger partial charge in [-0.25, -0.2) is 0 Å². The van der Waals surface area contributed by atoms with Crippen LogP contribution in [-0.4, -0.2) is 30.6 Å². The van der Waals surface area contributed by atoms with E-state index in [0.717, 1.165) is 0 Å². The van der Waals surface area contributed by atoms with Gasteiger partial charge in [-0.2, -0.15) is 0 Å². The van der Waals surface area contributed by atoms with E-state index in [1.807, 2.05) is 0 Å². The highest BCUT2D eigenvalue weighted by atomic mass is 15.2. The number of nitrogens with one attached hydrogen (secondary N) is 1. The lowest BCUT2D eigenvalue weighted by atomic mass is 10.1. The van der Waals surface area contributed by atoms with Gasteiger partial charge in [0, 0.05) is 18.6 Å². The Kier molecular flexibility index (Phi) is 3.67. The van der Waals surface area contributed by atoms with Gasteiger partial charge in [-0.15, -0.1) is 0 Å². The van der Waals surface area contributed by atoms with E-state index >= 15 is 0 Å². The van der Waals surface area contributed by atoms with Crippen molar-refractivity contribution in [1.82, 2.24) is 10.2 Å². The summed E-state index contributed by atoms with van der Waals surface area (Å²) in [5, 5.41) is 3.82. The third-order valence-electron chi connectivity index (χ3n) is 4.35. The number of fused-ring (bicyclic) bond motifs is 1. The minimum absolute atomic E-state index is 0.582. The van der Waals surface area contributed by atoms with Crippen LogP contribution in [0.25, 0.3) is 0 Å². The molecule has 0 radical (unpaired) electrons. The van der Waals surface area contributed by atoms with Crippen molar-refractivity contribution in [3.63, 3.8) is 0 Å². The van der Waals surface area contributed by atoms with Crippen LogP contribution in [0.4, 0.5) is 0 Å². The summed E-state index contributed by atoms with van der Waals surface area (Å²) < 4.78 is 0. The molecule has 2 aliphatic rings. The van der Waals surface area contributed by atoms with Crippen molar-refractivity contribution >= 4 is 0 Å². The van der Waals surface area contributed by atoms with Gasteiger partial charge in [0.25, 0.3) is 0 Å². The van der Waals surface area contributed by atoms with E-state index in [-0.39, 0.29) is 0 Å². The van der Waals surface area contributed by atoms with E-state index < -0.39 is 0 Å². The van der Waals surface area contributed by atoms with E-state index in [1.165, 1.54) is 50.9 Å². The molecule has 1 N–H and O–H groups in total. The Morgan fingerprint density at radius 1 is 1.28 bits per heavy atom. The predicted molar refractivity (Wildman–Crippen MR) is 75.8 cm³/mol. The predicted octanol–water partition coefficient (Wildman–Crippen LogP) is 2.75. The summed E-state index contributed by atoms with van der Waals surface area (Å²) in [7, 11) is 0. The van der Waals surface area contributed by atoms with Crippen LogP contribution in [-0.2, 0) is 6.42 Å². The smallest absolute Gasteiger partial charge is 0.0328 e. The summed E-state index contributed by atoms with van der Waals surface area (Å²) in [5.41, 5.74) is 3.08. The van der Waals surface area contributed by atoms with Gasteiger partial charge in [-0.3, -0.25) is 0 Å². The maximum atomic E-state index is 3.82. The molecule has 1 aromatic rings. The lowest BCUT2D eigenvalue weighted by molar-refractivity contribution is 0.286. The first-order valence-corrected chi connectivity index (χ1v) is 7.39. The Hall–Kier alpha value is -0.860. The summed E-state index contributed by atoms with van der Waals surface area (Å²) in [5.74, 6) is 0. The van der Waals surface area contributed by atoms with Crippen LogP contribution >= 0.6 is 0 Å². The molecule has 0 spiro atoms. The van der Waals surface area contributed by atoms with Crippen LogP contribution in [0.5, 0.6) is 0 Å². The second-order valence-corrected chi connectivity index (χ2v) is 5.87. The Labute approximate surface area is 110 Å². The van der Waals surface area contributed by atoms with Crippen LogP contribution in [0, 0.1) is 0 Å². The minimum atomic E-state index is 0.582. The SMILES string of the molecule is CC(CN1CCCC1)NC1CCc2ccccc21. The van der Waals surface area contributed by atoms with Crippen LogP contribution in [0.15, 0.2) is 24.3 Å². The number of rotatable bonds is 4. The van der Waals surface area contributed by atoms with E-state index in [2.05, 4.69) is 41.4 Å². The Bertz CT molecular complexity index is 396. The first-order valence-electron chi connectivity index (χ1n) is 7.39. The van der Waals surface area contributed by atoms with Gasteiger partial charge < -0.3 is 10.2 Å². The zero-order valence-electron chi connectivity index (χ0n) is 11.4. The van der Waals surface area contributed by atoms with Crippen LogP contribution in [0.2, 0.25) is 0 Å². The van der Waals surface area contributed by atoms with Gasteiger partial charge in [-0.1, -0.05) is 24.3 Å². The summed E-state index contributed by atoms with van der Waals surface area (Å²) in [4.78, 5) is 2.60. The summed E-state index contributed by atoms with van der Waals surface area (Å²) in [6.45, 7) is 6.14. The monoisotopic (exact) mass is 244 g/mol. The number of aryl methyl sites for hydroxylation is 1. The van der Waals surface area contributed by atoms with Crippen molar-refractivity contribution in [3.05, 3.63) is 35.4 Å². The molecule has 18 heavy (non-hydrogen) atoms.